The van der Waals surface area contributed by atoms with Gasteiger partial charge in [0.25, 0.3) is 0 Å². The first-order valence-electron chi connectivity index (χ1n) is 5.50. The van der Waals surface area contributed by atoms with E-state index in [-0.39, 0.29) is 6.42 Å². The highest BCUT2D eigenvalue weighted by molar-refractivity contribution is 5.78. The molecule has 0 unspecified atom stereocenters. The Kier molecular flexibility index (Phi) is 7.68. The van der Waals surface area contributed by atoms with Gasteiger partial charge in [-0.1, -0.05) is 26.7 Å². The Morgan fingerprint density at radius 1 is 1.27 bits per heavy atom. The Bertz CT molecular complexity index is 201. The molecule has 0 saturated carbocycles. The highest BCUT2D eigenvalue weighted by Gasteiger charge is 2.20. The highest BCUT2D eigenvalue weighted by Crippen LogP contribution is 2.12. The molecule has 0 aromatic carbocycles. The van der Waals surface area contributed by atoms with E-state index in [9.17, 15) is 9.59 Å². The van der Waals surface area contributed by atoms with Crippen molar-refractivity contribution in [3.63, 3.8) is 0 Å². The van der Waals surface area contributed by atoms with Gasteiger partial charge in [-0.25, -0.2) is 0 Å². The zero-order chi connectivity index (χ0) is 11.7. The van der Waals surface area contributed by atoms with E-state index in [0.29, 0.717) is 13.0 Å². The number of unbranched alkanes of at least 4 members (excludes halogenated alkanes) is 1. The predicted octanol–water partition coefficient (Wildman–Crippen LogP) is 2.22. The minimum absolute atomic E-state index is 0.00706. The maximum atomic E-state index is 11.2. The molecule has 1 atom stereocenters. The van der Waals surface area contributed by atoms with Gasteiger partial charge in [0.2, 0.25) is 0 Å². The van der Waals surface area contributed by atoms with Crippen LogP contribution in [0.2, 0.25) is 0 Å². The molecular formula is C11H20O4. The van der Waals surface area contributed by atoms with E-state index < -0.39 is 17.9 Å². The number of rotatable bonds is 8. The number of hydrogen-bond donors (Lipinski definition) is 1. The van der Waals surface area contributed by atoms with Gasteiger partial charge in [0.05, 0.1) is 18.9 Å². The zero-order valence-electron chi connectivity index (χ0n) is 9.49. The molecule has 0 fully saturated rings. The molecule has 15 heavy (non-hydrogen) atoms. The first-order chi connectivity index (χ1) is 7.11. The number of hydrogen-bond acceptors (Lipinski definition) is 3. The van der Waals surface area contributed by atoms with Crippen molar-refractivity contribution in [2.45, 2.75) is 46.0 Å². The lowest BCUT2D eigenvalue weighted by molar-refractivity contribution is -0.151. The first-order valence-corrected chi connectivity index (χ1v) is 5.50. The van der Waals surface area contributed by atoms with Gasteiger partial charge < -0.3 is 9.84 Å². The van der Waals surface area contributed by atoms with Crippen LogP contribution in [0, 0.1) is 5.92 Å². The molecular weight excluding hydrogens is 196 g/mol. The van der Waals surface area contributed by atoms with Gasteiger partial charge in [0.1, 0.15) is 0 Å². The van der Waals surface area contributed by atoms with Gasteiger partial charge in [0, 0.05) is 0 Å². The van der Waals surface area contributed by atoms with E-state index in [4.69, 9.17) is 9.84 Å². The summed E-state index contributed by atoms with van der Waals surface area (Å²) >= 11 is 0. The van der Waals surface area contributed by atoms with Crippen molar-refractivity contribution in [1.29, 1.82) is 0 Å². The molecule has 0 aliphatic rings. The summed E-state index contributed by atoms with van der Waals surface area (Å²) in [6.07, 6.45) is 3.08. The highest BCUT2D eigenvalue weighted by atomic mass is 16.5. The SMILES string of the molecule is CCCCOC(=O)C[C@@H](CCC)C(=O)O. The molecule has 88 valence electrons. The third kappa shape index (κ3) is 6.94. The van der Waals surface area contributed by atoms with E-state index in [0.717, 1.165) is 19.3 Å². The Morgan fingerprint density at radius 3 is 2.40 bits per heavy atom. The quantitative estimate of drug-likeness (QED) is 0.499. The van der Waals surface area contributed by atoms with Gasteiger partial charge >= 0.3 is 11.9 Å². The number of carbonyl (C=O) groups is 2. The minimum Gasteiger partial charge on any atom is -0.481 e. The van der Waals surface area contributed by atoms with Crippen molar-refractivity contribution in [2.24, 2.45) is 5.92 Å². The third-order valence-electron chi connectivity index (χ3n) is 2.16. The van der Waals surface area contributed by atoms with Gasteiger partial charge in [-0.2, -0.15) is 0 Å². The van der Waals surface area contributed by atoms with Crippen molar-refractivity contribution in [2.75, 3.05) is 6.61 Å². The van der Waals surface area contributed by atoms with Crippen LogP contribution in [0.1, 0.15) is 46.0 Å². The van der Waals surface area contributed by atoms with Crippen molar-refractivity contribution in [3.05, 3.63) is 0 Å². The number of carbonyl (C=O) groups excluding carboxylic acids is 1. The lowest BCUT2D eigenvalue weighted by atomic mass is 10.0. The molecule has 0 aliphatic carbocycles. The first kappa shape index (κ1) is 13.9. The summed E-state index contributed by atoms with van der Waals surface area (Å²) in [6, 6.07) is 0. The number of carboxylic acids is 1. The molecule has 0 rings (SSSR count). The van der Waals surface area contributed by atoms with Gasteiger partial charge in [-0.05, 0) is 12.8 Å². The summed E-state index contributed by atoms with van der Waals surface area (Å²) in [5.74, 6) is -1.90. The van der Waals surface area contributed by atoms with Crippen molar-refractivity contribution >= 4 is 11.9 Å². The zero-order valence-corrected chi connectivity index (χ0v) is 9.49. The Labute approximate surface area is 90.6 Å². The van der Waals surface area contributed by atoms with E-state index in [2.05, 4.69) is 0 Å². The number of ether oxygens (including phenoxy) is 1. The third-order valence-corrected chi connectivity index (χ3v) is 2.16. The molecule has 4 nitrogen and oxygen atoms in total. The average Bonchev–Trinajstić information content (AvgIpc) is 2.17. The summed E-state index contributed by atoms with van der Waals surface area (Å²) in [6.45, 7) is 4.30. The second kappa shape index (κ2) is 8.26. The Morgan fingerprint density at radius 2 is 1.93 bits per heavy atom. The van der Waals surface area contributed by atoms with Gasteiger partial charge in [0.15, 0.2) is 0 Å². The fourth-order valence-electron chi connectivity index (χ4n) is 1.25. The smallest absolute Gasteiger partial charge is 0.307 e. The van der Waals surface area contributed by atoms with E-state index in [1.54, 1.807) is 0 Å². The maximum Gasteiger partial charge on any atom is 0.307 e. The van der Waals surface area contributed by atoms with Crippen molar-refractivity contribution in [3.8, 4) is 0 Å². The van der Waals surface area contributed by atoms with Crippen molar-refractivity contribution < 1.29 is 19.4 Å². The second-order valence-corrected chi connectivity index (χ2v) is 3.60. The number of carboxylic acid groups (broad SMARTS) is 1. The topological polar surface area (TPSA) is 63.6 Å². The van der Waals surface area contributed by atoms with E-state index in [1.807, 2.05) is 13.8 Å². The molecule has 0 aromatic heterocycles. The minimum atomic E-state index is -0.913. The lowest BCUT2D eigenvalue weighted by Gasteiger charge is -2.10. The van der Waals surface area contributed by atoms with Crippen LogP contribution in [-0.2, 0) is 14.3 Å². The summed E-state index contributed by atoms with van der Waals surface area (Å²) in [7, 11) is 0. The fraction of sp³-hybridized carbons (Fsp3) is 0.818. The van der Waals surface area contributed by atoms with E-state index in [1.165, 1.54) is 0 Å². The summed E-state index contributed by atoms with van der Waals surface area (Å²) in [5.41, 5.74) is 0. The molecule has 0 saturated heterocycles. The standard InChI is InChI=1S/C11H20O4/c1-3-5-7-15-10(12)8-9(6-4-2)11(13)14/h9H,3-8H2,1-2H3,(H,13,14)/t9-/m1/s1. The van der Waals surface area contributed by atoms with Crippen molar-refractivity contribution in [1.82, 2.24) is 0 Å². The Hall–Kier alpha value is -1.06. The fourth-order valence-corrected chi connectivity index (χ4v) is 1.25. The van der Waals surface area contributed by atoms with Crippen LogP contribution in [0.15, 0.2) is 0 Å². The van der Waals surface area contributed by atoms with Crippen LogP contribution >= 0.6 is 0 Å². The number of esters is 1. The van der Waals surface area contributed by atoms with Crippen LogP contribution < -0.4 is 0 Å². The average molecular weight is 216 g/mol. The normalized spacial score (nSPS) is 12.1. The van der Waals surface area contributed by atoms with Crippen LogP contribution in [-0.4, -0.2) is 23.7 Å². The molecule has 0 radical (unpaired) electrons. The molecule has 0 amide bonds. The van der Waals surface area contributed by atoms with Gasteiger partial charge in [-0.3, -0.25) is 9.59 Å². The van der Waals surface area contributed by atoms with E-state index >= 15 is 0 Å². The monoisotopic (exact) mass is 216 g/mol. The molecule has 1 N–H and O–H groups in total. The van der Waals surface area contributed by atoms with Crippen LogP contribution in [0.4, 0.5) is 0 Å². The lowest BCUT2D eigenvalue weighted by Crippen LogP contribution is -2.19. The van der Waals surface area contributed by atoms with Crippen LogP contribution in [0.5, 0.6) is 0 Å². The van der Waals surface area contributed by atoms with Crippen LogP contribution in [0.25, 0.3) is 0 Å². The molecule has 0 heterocycles. The molecule has 0 bridgehead atoms. The number of aliphatic carboxylic acids is 1. The summed E-state index contributed by atoms with van der Waals surface area (Å²) < 4.78 is 4.91. The molecule has 0 aliphatic heterocycles. The Balaban J connectivity index is 3.84. The largest absolute Gasteiger partial charge is 0.481 e. The van der Waals surface area contributed by atoms with Gasteiger partial charge in [-0.15, -0.1) is 0 Å². The molecule has 0 aromatic rings. The summed E-state index contributed by atoms with van der Waals surface area (Å²) in [4.78, 5) is 22.0. The second-order valence-electron chi connectivity index (χ2n) is 3.60. The summed E-state index contributed by atoms with van der Waals surface area (Å²) in [5, 5.41) is 8.82. The predicted molar refractivity (Wildman–Crippen MR) is 56.5 cm³/mol. The molecule has 4 heteroatoms. The molecule has 0 spiro atoms. The maximum absolute atomic E-state index is 11.2. The van der Waals surface area contributed by atoms with Crippen LogP contribution in [0.3, 0.4) is 0 Å².